The van der Waals surface area contributed by atoms with Crippen molar-refractivity contribution in [1.82, 2.24) is 29.2 Å². The Morgan fingerprint density at radius 2 is 0.918 bits per heavy atom. The minimum absolute atomic E-state index is 0.0692. The zero-order valence-corrected chi connectivity index (χ0v) is 67.7. The lowest BCUT2D eigenvalue weighted by atomic mass is 9.79. The van der Waals surface area contributed by atoms with Crippen molar-refractivity contribution in [3.8, 4) is 23.3 Å². The number of benzene rings is 2. The number of sulfonamides is 2. The van der Waals surface area contributed by atoms with Crippen molar-refractivity contribution in [1.29, 1.82) is 0 Å². The molecule has 8 aliphatic rings. The van der Waals surface area contributed by atoms with Crippen molar-refractivity contribution < 1.29 is 83.6 Å². The van der Waals surface area contributed by atoms with E-state index in [1.807, 2.05) is 101 Å². The van der Waals surface area contributed by atoms with Crippen LogP contribution in [0.5, 0.6) is 23.3 Å². The summed E-state index contributed by atoms with van der Waals surface area (Å²) in [5.41, 5.74) is -3.98. The molecular formula is C84H114N6O18S2. The van der Waals surface area contributed by atoms with Gasteiger partial charge in [-0.2, -0.15) is 0 Å². The molecule has 2 saturated heterocycles. The zero-order valence-electron chi connectivity index (χ0n) is 66.1. The monoisotopic (exact) mass is 1560 g/mol. The quantitative estimate of drug-likeness (QED) is 0.0613. The first-order chi connectivity index (χ1) is 52.1. The molecule has 26 heteroatoms. The second kappa shape index (κ2) is 34.1. The van der Waals surface area contributed by atoms with Gasteiger partial charge in [0.1, 0.15) is 34.9 Å². The largest absolute Gasteiger partial charge is 0.494 e. The van der Waals surface area contributed by atoms with Crippen molar-refractivity contribution in [3.63, 3.8) is 0 Å². The Morgan fingerprint density at radius 1 is 0.536 bits per heavy atom. The van der Waals surface area contributed by atoms with Gasteiger partial charge >= 0.3 is 11.9 Å². The van der Waals surface area contributed by atoms with Crippen LogP contribution in [-0.2, 0) is 67.9 Å². The average molecular weight is 1560 g/mol. The summed E-state index contributed by atoms with van der Waals surface area (Å²) in [6, 6.07) is 13.0. The lowest BCUT2D eigenvalue weighted by molar-refractivity contribution is -0.160. The van der Waals surface area contributed by atoms with Crippen LogP contribution in [0.1, 0.15) is 212 Å². The van der Waals surface area contributed by atoms with Gasteiger partial charge in [0, 0.05) is 48.8 Å². The minimum Gasteiger partial charge on any atom is -0.494 e. The van der Waals surface area contributed by atoms with Gasteiger partial charge in [0.2, 0.25) is 55.4 Å². The van der Waals surface area contributed by atoms with Gasteiger partial charge < -0.3 is 38.2 Å². The predicted octanol–water partition coefficient (Wildman–Crippen LogP) is 12.6. The fraction of sp³-hybridized carbons (Fsp3) is 0.643. The molecule has 4 aromatic rings. The lowest BCUT2D eigenvalue weighted by Crippen LogP contribution is -2.48. The highest BCUT2D eigenvalue weighted by molar-refractivity contribution is 7.91. The first-order valence-corrected chi connectivity index (χ1v) is 43.1. The van der Waals surface area contributed by atoms with Crippen LogP contribution >= 0.6 is 0 Å². The number of carbonyl (C=O) groups is 8. The molecule has 0 spiro atoms. The Labute approximate surface area is 648 Å². The molecule has 2 aromatic heterocycles. The number of pyridine rings is 2. The van der Waals surface area contributed by atoms with Gasteiger partial charge in [-0.3, -0.25) is 47.8 Å². The summed E-state index contributed by atoms with van der Waals surface area (Å²) in [4.78, 5) is 126. The molecule has 2 N–H and O–H groups in total. The lowest BCUT2D eigenvalue weighted by Gasteiger charge is -2.33. The van der Waals surface area contributed by atoms with E-state index in [0.29, 0.717) is 101 Å². The molecule has 2 aromatic carbocycles. The molecule has 6 heterocycles. The number of aromatic nitrogens is 2. The van der Waals surface area contributed by atoms with E-state index in [2.05, 4.69) is 33.3 Å². The van der Waals surface area contributed by atoms with Gasteiger partial charge in [-0.15, -0.1) is 0 Å². The molecule has 0 bridgehead atoms. The smallest absolute Gasteiger partial charge is 0.307 e. The fourth-order valence-electron chi connectivity index (χ4n) is 16.9. The minimum atomic E-state index is -3.85. The Bertz CT molecular complexity index is 4110. The zero-order chi connectivity index (χ0) is 79.4. The summed E-state index contributed by atoms with van der Waals surface area (Å²) in [5, 5.41) is 2.02. The summed E-state index contributed by atoms with van der Waals surface area (Å²) in [7, 11) is -7.70. The van der Waals surface area contributed by atoms with Crippen LogP contribution in [0.3, 0.4) is 0 Å². The van der Waals surface area contributed by atoms with E-state index >= 15 is 0 Å². The van der Waals surface area contributed by atoms with E-state index in [0.717, 1.165) is 47.2 Å². The molecule has 4 saturated carbocycles. The number of ketones is 2. The third-order valence-corrected chi connectivity index (χ3v) is 26.8. The average Bonchev–Trinajstić information content (AvgIpc) is 1.58. The van der Waals surface area contributed by atoms with Gasteiger partial charge in [0.05, 0.1) is 84.4 Å². The van der Waals surface area contributed by atoms with Crippen LogP contribution in [-0.4, -0.2) is 156 Å². The van der Waals surface area contributed by atoms with Gasteiger partial charge in [0.25, 0.3) is 0 Å². The van der Waals surface area contributed by atoms with Crippen LogP contribution < -0.4 is 28.4 Å². The summed E-state index contributed by atoms with van der Waals surface area (Å²) in [6.45, 7) is 24.1. The molecule has 14 atom stereocenters. The van der Waals surface area contributed by atoms with E-state index in [9.17, 15) is 55.2 Å². The highest BCUT2D eigenvalue weighted by atomic mass is 32.2. The maximum Gasteiger partial charge on any atom is 0.307 e. The van der Waals surface area contributed by atoms with Crippen LogP contribution in [0.4, 0.5) is 0 Å². The van der Waals surface area contributed by atoms with Crippen molar-refractivity contribution in [2.24, 2.45) is 58.2 Å². The van der Waals surface area contributed by atoms with Crippen LogP contribution in [0.15, 0.2) is 85.2 Å². The Balaban J connectivity index is 0.000000218. The molecule has 24 nitrogen and oxygen atoms in total. The number of hydrogen-bond acceptors (Lipinski definition) is 20. The molecule has 4 aliphatic heterocycles. The topological polar surface area (TPSA) is 317 Å². The molecule has 0 unspecified atom stereocenters. The Morgan fingerprint density at radius 3 is 1.26 bits per heavy atom. The summed E-state index contributed by atoms with van der Waals surface area (Å²) >= 11 is 0. The first kappa shape index (κ1) is 82.9. The van der Waals surface area contributed by atoms with Crippen molar-refractivity contribution in [2.75, 3.05) is 26.3 Å². The number of fused-ring (bicyclic) bond motifs is 6. The second-order valence-electron chi connectivity index (χ2n) is 34.2. The normalized spacial score (nSPS) is 29.7. The molecule has 6 fully saturated rings. The molecule has 0 radical (unpaired) electrons. The number of nitrogens with zero attached hydrogens (tertiary/aromatic N) is 4. The maximum atomic E-state index is 15.0. The van der Waals surface area contributed by atoms with E-state index < -0.39 is 112 Å². The van der Waals surface area contributed by atoms with Crippen LogP contribution in [0.25, 0.3) is 21.5 Å². The second-order valence-corrected chi connectivity index (χ2v) is 38.1. The van der Waals surface area contributed by atoms with Crippen molar-refractivity contribution in [3.05, 3.63) is 85.2 Å². The maximum absolute atomic E-state index is 15.0. The SMILES string of the molecule is CCOc1ccc2c(O[C@@H]3C[C@H]4C(=O)C[C@]5(C(=O)NS(=O)(=O)C6CC6)C[C@H]5/C=C\CC[C@@H](C)C[C@@H](CC)[C@H](CC(=O)OC(C)(C)C)C(=O)N4C3)nccc2c1.CCOc1ccc2c(O[C@@H]3C[C@H]4C(=O)C[C@]5(C(=O)NS(=O)(=O)C6CC6)C[C@H]5/C=C\CC[C@H](C)C[C@@H](CC)[C@H](CC(=O)OC(C)(C)C)C(=O)N4C3)nccc2c1. The third kappa shape index (κ3) is 20.2. The Hall–Kier alpha value is -8.00. The van der Waals surface area contributed by atoms with E-state index in [4.69, 9.17) is 28.4 Å². The molecule has 600 valence electrons. The number of rotatable bonds is 20. The first-order valence-electron chi connectivity index (χ1n) is 40.0. The Kier molecular flexibility index (Phi) is 25.7. The van der Waals surface area contributed by atoms with Gasteiger partial charge in [-0.1, -0.05) is 64.8 Å². The molecular weight excluding hydrogens is 1450 g/mol. The molecule has 4 aliphatic carbocycles. The van der Waals surface area contributed by atoms with Gasteiger partial charge in [-0.05, 0) is 227 Å². The summed E-state index contributed by atoms with van der Waals surface area (Å²) in [5.74, 6) is -3.47. The van der Waals surface area contributed by atoms with Crippen molar-refractivity contribution >= 4 is 88.7 Å². The number of hydrogen-bond donors (Lipinski definition) is 2. The number of allylic oxidation sites excluding steroid dienone is 4. The highest BCUT2D eigenvalue weighted by Gasteiger charge is 2.63. The number of nitrogens with one attached hydrogen (secondary N) is 2. The number of Topliss-reactive ketones (excluding diaryl/α,β-unsaturated/α-hetero) is 2. The fourth-order valence-corrected chi connectivity index (χ4v) is 19.7. The predicted molar refractivity (Wildman–Crippen MR) is 415 cm³/mol. The van der Waals surface area contributed by atoms with Crippen LogP contribution in [0.2, 0.25) is 0 Å². The van der Waals surface area contributed by atoms with Crippen LogP contribution in [0, 0.1) is 58.2 Å². The molecule has 12 rings (SSSR count). The number of carbonyl (C=O) groups excluding carboxylic acids is 8. The molecule has 110 heavy (non-hydrogen) atoms. The van der Waals surface area contributed by atoms with Gasteiger partial charge in [0.15, 0.2) is 11.6 Å². The standard InChI is InChI=1S/2C42H57N3O9S/c2*1-7-27-19-26(3)11-9-10-12-29-23-42(29,40(49)44-55(50,51)32-14-15-32)24-36(46)35-21-31(25-45(35)39(48)34(27)22-37(47)54-41(4,5)6)53-38-33-16-13-30(52-8-2)20-28(33)17-18-43-38/h2*10,12-13,16-18,20,26-27,29,31-32,34-35H,7-9,11,14-15,19,21-25H2,1-6H3,(H,44,49)/b2*12-10-/t26-,27+,29+,31+,34-,35-,42+;26-,27-,29-,31-,34+,35+,42-/m01/s1. The molecule has 4 amide bonds. The van der Waals surface area contributed by atoms with E-state index in [1.54, 1.807) is 63.7 Å². The van der Waals surface area contributed by atoms with Gasteiger partial charge in [-0.25, -0.2) is 26.8 Å². The number of ether oxygens (including phenoxy) is 6. The number of esters is 2. The third-order valence-electron chi connectivity index (χ3n) is 23.2. The summed E-state index contributed by atoms with van der Waals surface area (Å²) in [6.07, 6.45) is 18.0. The van der Waals surface area contributed by atoms with Crippen molar-refractivity contribution in [2.45, 2.75) is 257 Å². The summed E-state index contributed by atoms with van der Waals surface area (Å²) < 4.78 is 92.2. The van der Waals surface area contributed by atoms with E-state index in [-0.39, 0.29) is 111 Å². The number of amides is 4. The highest BCUT2D eigenvalue weighted by Crippen LogP contribution is 2.59. The van der Waals surface area contributed by atoms with E-state index in [1.165, 1.54) is 0 Å².